The van der Waals surface area contributed by atoms with Gasteiger partial charge in [0.25, 0.3) is 5.56 Å². The molecule has 3 rings (SSSR count). The highest BCUT2D eigenvalue weighted by Crippen LogP contribution is 2.17. The molecule has 0 saturated carbocycles. The maximum Gasteiger partial charge on any atom is 0.264 e. The van der Waals surface area contributed by atoms with Crippen LogP contribution in [0.1, 0.15) is 10.7 Å². The van der Waals surface area contributed by atoms with Crippen LogP contribution in [0.25, 0.3) is 10.2 Å². The minimum atomic E-state index is -0.117. The Kier molecular flexibility index (Phi) is 2.97. The number of rotatable bonds is 3. The van der Waals surface area contributed by atoms with Crippen LogP contribution in [0.4, 0.5) is 5.13 Å². The number of nitrogen functional groups attached to an aromatic ring is 1. The van der Waals surface area contributed by atoms with E-state index in [0.717, 1.165) is 0 Å². The van der Waals surface area contributed by atoms with Gasteiger partial charge in [-0.25, -0.2) is 10.8 Å². The van der Waals surface area contributed by atoms with Crippen LogP contribution in [0.3, 0.4) is 0 Å². The number of aryl methyl sites for hydroxylation is 1. The molecule has 0 atom stereocenters. The van der Waals surface area contributed by atoms with E-state index in [0.29, 0.717) is 32.6 Å². The van der Waals surface area contributed by atoms with E-state index in [1.807, 2.05) is 0 Å². The van der Waals surface area contributed by atoms with Gasteiger partial charge in [0, 0.05) is 0 Å². The summed E-state index contributed by atoms with van der Waals surface area (Å²) in [5.74, 6) is 5.24. The molecule has 0 radical (unpaired) electrons. The minimum absolute atomic E-state index is 0.117. The van der Waals surface area contributed by atoms with Crippen molar-refractivity contribution in [2.45, 2.75) is 13.5 Å². The van der Waals surface area contributed by atoms with E-state index in [-0.39, 0.29) is 5.56 Å². The fraction of sp³-hybridized carbons (Fsp3) is 0.222. The van der Waals surface area contributed by atoms with E-state index in [2.05, 4.69) is 25.0 Å². The highest BCUT2D eigenvalue weighted by molar-refractivity contribution is 7.15. The number of hydrogen-bond acceptors (Lipinski definition) is 9. The van der Waals surface area contributed by atoms with Gasteiger partial charge in [-0.05, 0) is 18.5 Å². The van der Waals surface area contributed by atoms with Crippen LogP contribution in [-0.2, 0) is 6.54 Å². The lowest BCUT2D eigenvalue weighted by Crippen LogP contribution is -2.21. The summed E-state index contributed by atoms with van der Waals surface area (Å²) in [5.41, 5.74) is 3.00. The van der Waals surface area contributed by atoms with Gasteiger partial charge in [0.1, 0.15) is 5.01 Å². The molecule has 3 heterocycles. The molecule has 0 bridgehead atoms. The lowest BCUT2D eigenvalue weighted by Gasteiger charge is -2.01. The molecule has 0 unspecified atom stereocenters. The summed E-state index contributed by atoms with van der Waals surface area (Å²) in [6.45, 7) is 2.12. The lowest BCUT2D eigenvalue weighted by molar-refractivity contribution is 0.734. The topological polar surface area (TPSA) is 112 Å². The number of hydrogen-bond donors (Lipinski definition) is 2. The van der Waals surface area contributed by atoms with Crippen LogP contribution in [0.5, 0.6) is 0 Å². The predicted octanol–water partition coefficient (Wildman–Crippen LogP) is 0.347. The largest absolute Gasteiger partial charge is 0.298 e. The van der Waals surface area contributed by atoms with E-state index in [4.69, 9.17) is 5.84 Å². The molecule has 3 N–H and O–H groups in total. The van der Waals surface area contributed by atoms with Crippen molar-refractivity contribution in [3.05, 3.63) is 27.4 Å². The van der Waals surface area contributed by atoms with Crippen molar-refractivity contribution < 1.29 is 0 Å². The average molecular weight is 295 g/mol. The first-order valence-corrected chi connectivity index (χ1v) is 6.88. The number of nitrogens with zero attached hydrogens (tertiary/aromatic N) is 5. The van der Waals surface area contributed by atoms with E-state index >= 15 is 0 Å². The summed E-state index contributed by atoms with van der Waals surface area (Å²) < 4.78 is 5.63. The minimum Gasteiger partial charge on any atom is -0.298 e. The molecule has 98 valence electrons. The van der Waals surface area contributed by atoms with Crippen LogP contribution in [0, 0.1) is 6.92 Å². The zero-order chi connectivity index (χ0) is 13.4. The first kappa shape index (κ1) is 12.1. The first-order chi connectivity index (χ1) is 9.19. The summed E-state index contributed by atoms with van der Waals surface area (Å²) in [4.78, 5) is 17.2. The van der Waals surface area contributed by atoms with Crippen molar-refractivity contribution in [2.75, 3.05) is 5.43 Å². The Morgan fingerprint density at radius 2 is 2.32 bits per heavy atom. The third-order valence-corrected chi connectivity index (χ3v) is 4.22. The van der Waals surface area contributed by atoms with Crippen LogP contribution in [-0.4, -0.2) is 24.1 Å². The van der Waals surface area contributed by atoms with Crippen molar-refractivity contribution in [3.63, 3.8) is 0 Å². The monoisotopic (exact) mass is 295 g/mol. The van der Waals surface area contributed by atoms with Crippen LogP contribution < -0.4 is 16.8 Å². The molecule has 0 aliphatic rings. The second-order valence-corrected chi connectivity index (χ2v) is 5.58. The third kappa shape index (κ3) is 2.09. The molecule has 3 aromatic heterocycles. The van der Waals surface area contributed by atoms with Gasteiger partial charge in [0.15, 0.2) is 4.83 Å². The molecule has 0 saturated heterocycles. The number of hydrazine groups is 1. The van der Waals surface area contributed by atoms with Gasteiger partial charge in [-0.3, -0.25) is 14.8 Å². The number of fused-ring (bicyclic) bond motifs is 1. The average Bonchev–Trinajstić information content (AvgIpc) is 3.00. The molecule has 0 aromatic carbocycles. The van der Waals surface area contributed by atoms with Gasteiger partial charge in [-0.15, -0.1) is 10.2 Å². The molecule has 19 heavy (non-hydrogen) atoms. The Morgan fingerprint density at radius 3 is 3.05 bits per heavy atom. The fourth-order valence-electron chi connectivity index (χ4n) is 1.64. The number of nitrogens with one attached hydrogen (secondary N) is 1. The maximum atomic E-state index is 12.3. The Bertz CT molecular complexity index is 789. The summed E-state index contributed by atoms with van der Waals surface area (Å²) in [6, 6.07) is 0. The number of aromatic nitrogens is 5. The van der Waals surface area contributed by atoms with Gasteiger partial charge in [-0.2, -0.15) is 4.37 Å². The van der Waals surface area contributed by atoms with E-state index in [1.54, 1.807) is 6.92 Å². The second kappa shape index (κ2) is 4.64. The molecule has 0 aliphatic carbocycles. The molecular weight excluding hydrogens is 286 g/mol. The number of nitrogens with two attached hydrogens (primary N) is 1. The quantitative estimate of drug-likeness (QED) is 0.529. The molecule has 8 nitrogen and oxygen atoms in total. The van der Waals surface area contributed by atoms with Crippen LogP contribution in [0.2, 0.25) is 0 Å². The Hall–Kier alpha value is -1.91. The molecule has 10 heteroatoms. The maximum absolute atomic E-state index is 12.3. The fourth-order valence-corrected chi connectivity index (χ4v) is 3.03. The standard InChI is InChI=1S/C9H9N7OS2/c1-4-6-7(19-15-4)11-3-16(8(6)17)2-5-13-14-9(12-10)18-5/h3H,2,10H2,1H3,(H,12,14). The molecule has 0 spiro atoms. The zero-order valence-electron chi connectivity index (χ0n) is 9.82. The van der Waals surface area contributed by atoms with Crippen LogP contribution in [0.15, 0.2) is 11.1 Å². The SMILES string of the molecule is Cc1nsc2ncn(Cc3nnc(NN)s3)c(=O)c12. The molecule has 3 aromatic rings. The zero-order valence-corrected chi connectivity index (χ0v) is 11.5. The van der Waals surface area contributed by atoms with Crippen molar-refractivity contribution in [3.8, 4) is 0 Å². The Morgan fingerprint density at radius 1 is 1.47 bits per heavy atom. The summed E-state index contributed by atoms with van der Waals surface area (Å²) in [6.07, 6.45) is 1.50. The predicted molar refractivity (Wildman–Crippen MR) is 73.2 cm³/mol. The van der Waals surface area contributed by atoms with E-state index < -0.39 is 0 Å². The smallest absolute Gasteiger partial charge is 0.264 e. The lowest BCUT2D eigenvalue weighted by atomic mass is 10.3. The van der Waals surface area contributed by atoms with E-state index in [9.17, 15) is 4.79 Å². The highest BCUT2D eigenvalue weighted by atomic mass is 32.1. The van der Waals surface area contributed by atoms with Crippen molar-refractivity contribution >= 4 is 38.2 Å². The van der Waals surface area contributed by atoms with Gasteiger partial charge in [0.05, 0.1) is 24.0 Å². The highest BCUT2D eigenvalue weighted by Gasteiger charge is 2.12. The Balaban J connectivity index is 2.03. The molecule has 0 fully saturated rings. The Labute approximate surface area is 115 Å². The van der Waals surface area contributed by atoms with E-state index in [1.165, 1.54) is 33.8 Å². The number of anilines is 1. The molecule has 0 aliphatic heterocycles. The van der Waals surface area contributed by atoms with Crippen molar-refractivity contribution in [2.24, 2.45) is 5.84 Å². The third-order valence-electron chi connectivity index (χ3n) is 2.53. The first-order valence-electron chi connectivity index (χ1n) is 5.29. The molecule has 0 amide bonds. The second-order valence-electron chi connectivity index (χ2n) is 3.77. The normalized spacial score (nSPS) is 11.1. The van der Waals surface area contributed by atoms with Gasteiger partial charge >= 0.3 is 0 Å². The summed E-state index contributed by atoms with van der Waals surface area (Å²) >= 11 is 2.51. The molecular formula is C9H9N7OS2. The van der Waals surface area contributed by atoms with Gasteiger partial charge in [-0.1, -0.05) is 11.3 Å². The summed E-state index contributed by atoms with van der Waals surface area (Å²) in [7, 11) is 0. The summed E-state index contributed by atoms with van der Waals surface area (Å²) in [5, 5.41) is 9.50. The van der Waals surface area contributed by atoms with Gasteiger partial charge in [0.2, 0.25) is 5.13 Å². The van der Waals surface area contributed by atoms with Gasteiger partial charge < -0.3 is 0 Å². The van der Waals surface area contributed by atoms with Crippen molar-refractivity contribution in [1.29, 1.82) is 0 Å². The van der Waals surface area contributed by atoms with Crippen LogP contribution >= 0.6 is 22.9 Å². The van der Waals surface area contributed by atoms with Crippen molar-refractivity contribution in [1.82, 2.24) is 24.1 Å².